The van der Waals surface area contributed by atoms with E-state index < -0.39 is 35.6 Å². The Balaban J connectivity index is 3.99. The molecule has 0 aromatic rings. The molecule has 0 aromatic carbocycles. The first-order valence-corrected chi connectivity index (χ1v) is 6.58. The third-order valence-corrected chi connectivity index (χ3v) is 2.98. The molecule has 1 unspecified atom stereocenters. The number of carbonyl (C=O) groups excluding carboxylic acids is 1. The van der Waals surface area contributed by atoms with Gasteiger partial charge >= 0.3 is 12.1 Å². The van der Waals surface area contributed by atoms with Crippen LogP contribution in [0.5, 0.6) is 0 Å². The molecule has 0 saturated carbocycles. The van der Waals surface area contributed by atoms with Crippen LogP contribution in [0.1, 0.15) is 26.2 Å². The van der Waals surface area contributed by atoms with Crippen LogP contribution in [-0.4, -0.2) is 40.7 Å². The number of rotatable bonds is 8. The lowest BCUT2D eigenvalue weighted by Crippen LogP contribution is -2.41. The molecule has 0 saturated heterocycles. The van der Waals surface area contributed by atoms with Crippen molar-refractivity contribution in [2.45, 2.75) is 38.4 Å². The van der Waals surface area contributed by atoms with E-state index in [0.717, 1.165) is 6.42 Å². The minimum absolute atomic E-state index is 0.279. The van der Waals surface area contributed by atoms with E-state index in [1.54, 1.807) is 0 Å². The lowest BCUT2D eigenvalue weighted by Gasteiger charge is -2.14. The number of carboxylic acid groups (broad SMARTS) is 1. The summed E-state index contributed by atoms with van der Waals surface area (Å²) in [6.45, 7) is 1.87. The van der Waals surface area contributed by atoms with Gasteiger partial charge in [0.2, 0.25) is 5.91 Å². The van der Waals surface area contributed by atoms with E-state index in [-0.39, 0.29) is 6.42 Å². The predicted molar refractivity (Wildman–Crippen MR) is 62.5 cm³/mol. The van der Waals surface area contributed by atoms with Gasteiger partial charge in [-0.05, 0) is 6.42 Å². The number of alkyl halides is 3. The summed E-state index contributed by atoms with van der Waals surface area (Å²) in [7, 11) is 0. The summed E-state index contributed by atoms with van der Waals surface area (Å²) in [5.74, 6) is -3.37. The Morgan fingerprint density at radius 2 is 2.00 bits per heavy atom. The van der Waals surface area contributed by atoms with E-state index in [9.17, 15) is 22.8 Å². The van der Waals surface area contributed by atoms with Gasteiger partial charge in [0.05, 0.1) is 11.5 Å². The molecule has 1 amide bonds. The molecule has 0 aliphatic carbocycles. The SMILES string of the molecule is CCCCC(NC(=O)CSCC(F)(F)F)C(=O)O. The topological polar surface area (TPSA) is 66.4 Å². The highest BCUT2D eigenvalue weighted by molar-refractivity contribution is 8.00. The van der Waals surface area contributed by atoms with Crippen molar-refractivity contribution < 1.29 is 27.9 Å². The van der Waals surface area contributed by atoms with Crippen molar-refractivity contribution in [2.24, 2.45) is 0 Å². The van der Waals surface area contributed by atoms with Crippen molar-refractivity contribution in [3.05, 3.63) is 0 Å². The quantitative estimate of drug-likeness (QED) is 0.717. The van der Waals surface area contributed by atoms with Gasteiger partial charge in [-0.2, -0.15) is 13.2 Å². The van der Waals surface area contributed by atoms with Crippen LogP contribution in [0, 0.1) is 0 Å². The Kier molecular flexibility index (Phi) is 7.81. The second-order valence-corrected chi connectivity index (χ2v) is 4.69. The molecule has 0 aliphatic rings. The number of nitrogens with one attached hydrogen (secondary N) is 1. The van der Waals surface area contributed by atoms with Crippen molar-refractivity contribution in [3.8, 4) is 0 Å². The van der Waals surface area contributed by atoms with Crippen LogP contribution >= 0.6 is 11.8 Å². The van der Waals surface area contributed by atoms with E-state index >= 15 is 0 Å². The molecule has 0 fully saturated rings. The van der Waals surface area contributed by atoms with E-state index in [4.69, 9.17) is 5.11 Å². The number of halogens is 3. The lowest BCUT2D eigenvalue weighted by molar-refractivity contribution is -0.141. The molecule has 0 aliphatic heterocycles. The van der Waals surface area contributed by atoms with E-state index in [0.29, 0.717) is 18.2 Å². The zero-order valence-electron chi connectivity index (χ0n) is 9.92. The molecule has 0 bridgehead atoms. The Hall–Kier alpha value is -0.920. The molecule has 18 heavy (non-hydrogen) atoms. The fraction of sp³-hybridized carbons (Fsp3) is 0.800. The summed E-state index contributed by atoms with van der Waals surface area (Å²) in [6, 6.07) is -1.02. The van der Waals surface area contributed by atoms with Gasteiger partial charge in [0, 0.05) is 0 Å². The zero-order valence-corrected chi connectivity index (χ0v) is 10.7. The van der Waals surface area contributed by atoms with Crippen molar-refractivity contribution in [2.75, 3.05) is 11.5 Å². The third kappa shape index (κ3) is 9.15. The van der Waals surface area contributed by atoms with Gasteiger partial charge < -0.3 is 10.4 Å². The lowest BCUT2D eigenvalue weighted by atomic mass is 10.1. The van der Waals surface area contributed by atoms with E-state index in [2.05, 4.69) is 5.32 Å². The van der Waals surface area contributed by atoms with Gasteiger partial charge in [0.15, 0.2) is 0 Å². The average Bonchev–Trinajstić information content (AvgIpc) is 2.21. The average molecular weight is 287 g/mol. The molecule has 4 nitrogen and oxygen atoms in total. The first kappa shape index (κ1) is 17.1. The first-order valence-electron chi connectivity index (χ1n) is 5.43. The number of thioether (sulfide) groups is 1. The Morgan fingerprint density at radius 3 is 2.44 bits per heavy atom. The molecule has 0 aromatic heterocycles. The number of carboxylic acids is 1. The normalized spacial score (nSPS) is 13.1. The molecular weight excluding hydrogens is 271 g/mol. The molecule has 106 valence electrons. The zero-order chi connectivity index (χ0) is 14.2. The van der Waals surface area contributed by atoms with Gasteiger partial charge in [-0.25, -0.2) is 4.79 Å². The molecule has 8 heteroatoms. The number of amides is 1. The summed E-state index contributed by atoms with van der Waals surface area (Å²) in [4.78, 5) is 22.0. The Bertz CT molecular complexity index is 284. The summed E-state index contributed by atoms with van der Waals surface area (Å²) in [6.07, 6.45) is -2.63. The van der Waals surface area contributed by atoms with Gasteiger partial charge in [-0.3, -0.25) is 4.79 Å². The minimum Gasteiger partial charge on any atom is -0.480 e. The van der Waals surface area contributed by atoms with Gasteiger partial charge in [-0.1, -0.05) is 19.8 Å². The first-order chi connectivity index (χ1) is 8.26. The second kappa shape index (κ2) is 8.23. The highest BCUT2D eigenvalue weighted by Crippen LogP contribution is 2.20. The fourth-order valence-corrected chi connectivity index (χ4v) is 1.76. The van der Waals surface area contributed by atoms with E-state index in [1.165, 1.54) is 0 Å². The smallest absolute Gasteiger partial charge is 0.397 e. The van der Waals surface area contributed by atoms with Crippen LogP contribution < -0.4 is 5.32 Å². The second-order valence-electron chi connectivity index (χ2n) is 3.71. The van der Waals surface area contributed by atoms with Crippen molar-refractivity contribution >= 4 is 23.6 Å². The highest BCUT2D eigenvalue weighted by Gasteiger charge is 2.27. The molecule has 1 atom stereocenters. The van der Waals surface area contributed by atoms with Gasteiger partial charge in [0.1, 0.15) is 6.04 Å². The van der Waals surface area contributed by atoms with Crippen LogP contribution in [0.25, 0.3) is 0 Å². The number of aliphatic carboxylic acids is 1. The summed E-state index contributed by atoms with van der Waals surface area (Å²) < 4.78 is 35.5. The maximum atomic E-state index is 11.8. The molecule has 0 heterocycles. The number of hydrogen-bond donors (Lipinski definition) is 2. The van der Waals surface area contributed by atoms with Crippen LogP contribution in [0.15, 0.2) is 0 Å². The largest absolute Gasteiger partial charge is 0.480 e. The maximum absolute atomic E-state index is 11.8. The standard InChI is InChI=1S/C10H16F3NO3S/c1-2-3-4-7(9(16)17)14-8(15)5-18-6-10(11,12)13/h7H,2-6H2,1H3,(H,14,15)(H,16,17). The highest BCUT2D eigenvalue weighted by atomic mass is 32.2. The monoisotopic (exact) mass is 287 g/mol. The number of carbonyl (C=O) groups is 2. The summed E-state index contributed by atoms with van der Waals surface area (Å²) in [5.41, 5.74) is 0. The fourth-order valence-electron chi connectivity index (χ4n) is 1.16. The number of hydrogen-bond acceptors (Lipinski definition) is 3. The number of unbranched alkanes of at least 4 members (excludes halogenated alkanes) is 1. The van der Waals surface area contributed by atoms with E-state index in [1.807, 2.05) is 6.92 Å². The van der Waals surface area contributed by atoms with Crippen LogP contribution in [-0.2, 0) is 9.59 Å². The molecule has 2 N–H and O–H groups in total. The minimum atomic E-state index is -4.32. The van der Waals surface area contributed by atoms with Crippen LogP contribution in [0.3, 0.4) is 0 Å². The molecular formula is C10H16F3NO3S. The maximum Gasteiger partial charge on any atom is 0.397 e. The van der Waals surface area contributed by atoms with Gasteiger partial charge in [-0.15, -0.1) is 11.8 Å². The van der Waals surface area contributed by atoms with Crippen molar-refractivity contribution in [1.29, 1.82) is 0 Å². The molecule has 0 spiro atoms. The van der Waals surface area contributed by atoms with Crippen molar-refractivity contribution in [1.82, 2.24) is 5.32 Å². The third-order valence-electron chi connectivity index (χ3n) is 1.98. The van der Waals surface area contributed by atoms with Gasteiger partial charge in [0.25, 0.3) is 0 Å². The Labute approximate surface area is 107 Å². The predicted octanol–water partition coefficient (Wildman–Crippen LogP) is 2.04. The van der Waals surface area contributed by atoms with Crippen LogP contribution in [0.2, 0.25) is 0 Å². The summed E-state index contributed by atoms with van der Waals surface area (Å²) in [5, 5.41) is 11.0. The summed E-state index contributed by atoms with van der Waals surface area (Å²) >= 11 is 0.416. The van der Waals surface area contributed by atoms with Crippen molar-refractivity contribution in [3.63, 3.8) is 0 Å². The molecule has 0 radical (unpaired) electrons. The van der Waals surface area contributed by atoms with Crippen LogP contribution in [0.4, 0.5) is 13.2 Å². The molecule has 0 rings (SSSR count). The Morgan fingerprint density at radius 1 is 1.39 bits per heavy atom.